The molecule has 46 heavy (non-hydrogen) atoms. The average Bonchev–Trinajstić information content (AvgIpc) is 3.61. The molecule has 11 nitrogen and oxygen atoms in total. The maximum atomic E-state index is 13.0. The Kier molecular flexibility index (Phi) is 12.9. The molecule has 7 aromatic rings. The number of nitrogens with zero attached hydrogens (tertiary/aromatic N) is 11. The van der Waals surface area contributed by atoms with E-state index in [0.29, 0.717) is 39.5 Å². The topological polar surface area (TPSA) is 134 Å². The van der Waals surface area contributed by atoms with Crippen LogP contribution < -0.4 is 29.6 Å². The van der Waals surface area contributed by atoms with Gasteiger partial charge in [-0.2, -0.15) is 10.9 Å². The van der Waals surface area contributed by atoms with Gasteiger partial charge < -0.3 is 12.6 Å². The van der Waals surface area contributed by atoms with Crippen molar-refractivity contribution in [1.82, 2.24) is 54.6 Å². The first kappa shape index (κ1) is 34.8. The molecular formula is C30H24F2N11NaS2. The number of aromatic nitrogens is 11. The van der Waals surface area contributed by atoms with Crippen molar-refractivity contribution in [2.24, 2.45) is 0 Å². The molecule has 0 atom stereocenters. The van der Waals surface area contributed by atoms with Gasteiger partial charge in [-0.25, -0.2) is 58.3 Å². The van der Waals surface area contributed by atoms with Gasteiger partial charge in [0.15, 0.2) is 22.6 Å². The molecule has 0 radical (unpaired) electrons. The van der Waals surface area contributed by atoms with Gasteiger partial charge in [-0.15, -0.1) is 11.8 Å². The zero-order valence-corrected chi connectivity index (χ0v) is 28.6. The van der Waals surface area contributed by atoms with E-state index in [9.17, 15) is 8.78 Å². The Bertz CT molecular complexity index is 2000. The van der Waals surface area contributed by atoms with Gasteiger partial charge in [0.1, 0.15) is 47.5 Å². The van der Waals surface area contributed by atoms with Crippen LogP contribution in [-0.2, 0) is 12.6 Å². The summed E-state index contributed by atoms with van der Waals surface area (Å²) in [5.74, 6) is 1.64. The summed E-state index contributed by atoms with van der Waals surface area (Å²) in [6.45, 7) is 3.99. The van der Waals surface area contributed by atoms with E-state index in [2.05, 4.69) is 69.5 Å². The molecule has 0 amide bonds. The number of halogens is 2. The predicted molar refractivity (Wildman–Crippen MR) is 170 cm³/mol. The van der Waals surface area contributed by atoms with E-state index in [-0.39, 0.29) is 41.2 Å². The standard InChI is InChI=1S/C14H8FN7.C14H11FN4S.C2H6S.Na/c15-10-3-1-9(2-4-10)11-5-17-13-12(21-11)14(19-7-18-13)22-8-16-6-20-22;1-2-20-14-12-13(17-8-18-14)16-7-11(19-12)9-3-5-10(15)6-4-9;1-2-3;/h1-8H;3-8H,2H2,1H3;3H,2H2,1H3;/q;;;+1/p-1. The number of hydrogen-bond acceptors (Lipinski definition) is 12. The number of hydrogen-bond donors (Lipinski definition) is 0. The molecule has 0 saturated heterocycles. The minimum Gasteiger partial charge on any atom is -0.793 e. The monoisotopic (exact) mass is 663 g/mol. The van der Waals surface area contributed by atoms with Crippen LogP contribution in [0.25, 0.3) is 50.7 Å². The minimum absolute atomic E-state index is 0. The first-order valence-corrected chi connectivity index (χ1v) is 15.1. The molecule has 5 aromatic heterocycles. The van der Waals surface area contributed by atoms with Crippen LogP contribution in [-0.4, -0.2) is 66.1 Å². The van der Waals surface area contributed by atoms with Crippen LogP contribution in [0.2, 0.25) is 0 Å². The Morgan fingerprint density at radius 2 is 1.22 bits per heavy atom. The van der Waals surface area contributed by atoms with Crippen LogP contribution in [0.1, 0.15) is 13.8 Å². The molecule has 0 aliphatic rings. The van der Waals surface area contributed by atoms with Gasteiger partial charge in [0, 0.05) is 11.1 Å². The van der Waals surface area contributed by atoms with E-state index < -0.39 is 0 Å². The Hall–Kier alpha value is -4.02. The third-order valence-corrected chi connectivity index (χ3v) is 6.69. The SMILES string of the molecule is CCSc1ncnc2ncc(-c3ccc(F)cc3)nc12.CC[S-].Fc1ccc(-c2cnc3ncnc(-n4cncn4)c3n2)cc1.[Na+]. The van der Waals surface area contributed by atoms with Gasteiger partial charge in [-0.3, -0.25) is 0 Å². The molecule has 226 valence electrons. The summed E-state index contributed by atoms with van der Waals surface area (Å²) in [5.41, 5.74) is 5.05. The van der Waals surface area contributed by atoms with E-state index in [1.165, 1.54) is 54.3 Å². The van der Waals surface area contributed by atoms with Gasteiger partial charge in [-0.1, -0.05) is 13.8 Å². The second-order valence-corrected chi connectivity index (χ2v) is 10.6. The number of fused-ring (bicyclic) bond motifs is 2. The zero-order chi connectivity index (χ0) is 31.6. The van der Waals surface area contributed by atoms with E-state index in [4.69, 9.17) is 0 Å². The van der Waals surface area contributed by atoms with Crippen LogP contribution in [0.5, 0.6) is 0 Å². The van der Waals surface area contributed by atoms with E-state index >= 15 is 0 Å². The van der Waals surface area contributed by atoms with Gasteiger partial charge in [0.05, 0.1) is 23.8 Å². The van der Waals surface area contributed by atoms with Crippen molar-refractivity contribution in [2.75, 3.05) is 11.5 Å². The second kappa shape index (κ2) is 17.1. The van der Waals surface area contributed by atoms with Gasteiger partial charge >= 0.3 is 29.6 Å². The smallest absolute Gasteiger partial charge is 0.793 e. The summed E-state index contributed by atoms with van der Waals surface area (Å²) in [5, 5.41) is 4.86. The summed E-state index contributed by atoms with van der Waals surface area (Å²) < 4.78 is 27.5. The molecule has 2 aromatic carbocycles. The number of thioether (sulfide) groups is 1. The molecule has 7 rings (SSSR count). The van der Waals surface area contributed by atoms with Crippen LogP contribution in [0.3, 0.4) is 0 Å². The molecule has 0 fully saturated rings. The van der Waals surface area contributed by atoms with Crippen molar-refractivity contribution in [3.05, 3.63) is 97.9 Å². The molecule has 0 spiro atoms. The minimum atomic E-state index is -0.302. The maximum absolute atomic E-state index is 13.0. The van der Waals surface area contributed by atoms with E-state index in [0.717, 1.165) is 27.7 Å². The quantitative estimate of drug-likeness (QED) is 0.116. The van der Waals surface area contributed by atoms with Crippen molar-refractivity contribution in [2.45, 2.75) is 18.9 Å². The third-order valence-electron chi connectivity index (χ3n) is 5.83. The maximum Gasteiger partial charge on any atom is 1.00 e. The Morgan fingerprint density at radius 1 is 0.696 bits per heavy atom. The largest absolute Gasteiger partial charge is 1.00 e. The van der Waals surface area contributed by atoms with Gasteiger partial charge in [0.25, 0.3) is 0 Å². The Balaban J connectivity index is 0.000000190. The summed E-state index contributed by atoms with van der Waals surface area (Å²) in [4.78, 5) is 38.2. The summed E-state index contributed by atoms with van der Waals surface area (Å²) in [6.07, 6.45) is 9.05. The second-order valence-electron chi connectivity index (χ2n) is 8.81. The molecule has 16 heteroatoms. The average molecular weight is 664 g/mol. The van der Waals surface area contributed by atoms with Crippen molar-refractivity contribution >= 4 is 46.7 Å². The molecular weight excluding hydrogens is 640 g/mol. The zero-order valence-electron chi connectivity index (χ0n) is 25.0. The third kappa shape index (κ3) is 8.61. The molecule has 0 saturated carbocycles. The van der Waals surface area contributed by atoms with Crippen LogP contribution in [0.15, 0.2) is 91.3 Å². The Labute approximate surface area is 294 Å². The van der Waals surface area contributed by atoms with E-state index in [1.807, 2.05) is 6.92 Å². The van der Waals surface area contributed by atoms with Gasteiger partial charge in [-0.05, 0) is 54.3 Å². The molecule has 0 aliphatic heterocycles. The van der Waals surface area contributed by atoms with Gasteiger partial charge in [0.2, 0.25) is 0 Å². The van der Waals surface area contributed by atoms with Crippen molar-refractivity contribution in [1.29, 1.82) is 0 Å². The molecule has 0 N–H and O–H groups in total. The number of benzene rings is 2. The first-order valence-electron chi connectivity index (χ1n) is 13.5. The molecule has 0 bridgehead atoms. The summed E-state index contributed by atoms with van der Waals surface area (Å²) in [7, 11) is 0. The van der Waals surface area contributed by atoms with Crippen LogP contribution in [0.4, 0.5) is 8.78 Å². The summed E-state index contributed by atoms with van der Waals surface area (Å²) in [6, 6.07) is 12.2. The predicted octanol–water partition coefficient (Wildman–Crippen LogP) is 2.70. The molecule has 0 aliphatic carbocycles. The van der Waals surface area contributed by atoms with Crippen molar-refractivity contribution in [3.63, 3.8) is 0 Å². The van der Waals surface area contributed by atoms with Crippen molar-refractivity contribution < 1.29 is 38.3 Å². The molecule has 5 heterocycles. The first-order chi connectivity index (χ1) is 22.0. The van der Waals surface area contributed by atoms with E-state index in [1.54, 1.807) is 48.4 Å². The summed E-state index contributed by atoms with van der Waals surface area (Å²) >= 11 is 5.99. The Morgan fingerprint density at radius 3 is 1.74 bits per heavy atom. The fraction of sp³-hybridized carbons (Fsp3) is 0.133. The fourth-order valence-electron chi connectivity index (χ4n) is 3.89. The fourth-order valence-corrected chi connectivity index (χ4v) is 4.56. The normalized spacial score (nSPS) is 10.4. The van der Waals surface area contributed by atoms with Crippen LogP contribution in [0, 0.1) is 11.6 Å². The van der Waals surface area contributed by atoms with Crippen molar-refractivity contribution in [3.8, 4) is 28.3 Å². The molecule has 0 unspecified atom stereocenters. The number of rotatable bonds is 5. The van der Waals surface area contributed by atoms with Crippen LogP contribution >= 0.6 is 11.8 Å².